The van der Waals surface area contributed by atoms with Crippen molar-refractivity contribution in [2.75, 3.05) is 24.6 Å². The lowest BCUT2D eigenvalue weighted by atomic mass is 10.3. The van der Waals surface area contributed by atoms with Crippen LogP contribution in [0.5, 0.6) is 0 Å². The van der Waals surface area contributed by atoms with Gasteiger partial charge in [-0.15, -0.1) is 0 Å². The molecule has 0 aromatic heterocycles. The fourth-order valence-electron chi connectivity index (χ4n) is 2.06. The van der Waals surface area contributed by atoms with Gasteiger partial charge in [-0.3, -0.25) is 0 Å². The molecule has 2 heterocycles. The summed E-state index contributed by atoms with van der Waals surface area (Å²) in [5, 5.41) is 7.07. The maximum atomic E-state index is 3.54. The highest BCUT2D eigenvalue weighted by Gasteiger charge is 2.16. The molecule has 2 unspecified atom stereocenters. The maximum Gasteiger partial charge on any atom is 0.0191 e. The molecule has 2 aliphatic rings. The van der Waals surface area contributed by atoms with Gasteiger partial charge in [0.2, 0.25) is 0 Å². The van der Waals surface area contributed by atoms with Gasteiger partial charge in [-0.05, 0) is 38.8 Å². The van der Waals surface area contributed by atoms with E-state index in [1.807, 2.05) is 0 Å². The van der Waals surface area contributed by atoms with Gasteiger partial charge in [0.25, 0.3) is 0 Å². The Morgan fingerprint density at radius 1 is 0.857 bits per heavy atom. The summed E-state index contributed by atoms with van der Waals surface area (Å²) in [7, 11) is 4.10. The Morgan fingerprint density at radius 3 is 1.71 bits per heavy atom. The predicted octanol–water partition coefficient (Wildman–Crippen LogP) is 1.87. The molecule has 2 fully saturated rings. The molecular formula is C10H20N2S2. The van der Waals surface area contributed by atoms with Crippen LogP contribution in [-0.4, -0.2) is 36.7 Å². The zero-order chi connectivity index (χ0) is 9.64. The van der Waals surface area contributed by atoms with E-state index in [2.05, 4.69) is 32.2 Å². The Hall–Kier alpha value is 0.620. The lowest BCUT2D eigenvalue weighted by Gasteiger charge is -2.11. The van der Waals surface area contributed by atoms with Crippen molar-refractivity contribution in [3.8, 4) is 0 Å². The average Bonchev–Trinajstić information content (AvgIpc) is 2.86. The zero-order valence-corrected chi connectivity index (χ0v) is 10.3. The van der Waals surface area contributed by atoms with Crippen molar-refractivity contribution in [1.29, 1.82) is 0 Å². The lowest BCUT2D eigenvalue weighted by Crippen LogP contribution is -2.24. The minimum atomic E-state index is 0.795. The topological polar surface area (TPSA) is 24.1 Å². The Morgan fingerprint density at radius 2 is 1.36 bits per heavy atom. The first-order chi connectivity index (χ1) is 6.95. The van der Waals surface area contributed by atoms with Crippen LogP contribution >= 0.6 is 21.6 Å². The highest BCUT2D eigenvalue weighted by Crippen LogP contribution is 2.26. The van der Waals surface area contributed by atoms with Gasteiger partial charge in [0, 0.05) is 23.6 Å². The van der Waals surface area contributed by atoms with E-state index < -0.39 is 0 Å². The molecule has 0 saturated carbocycles. The van der Waals surface area contributed by atoms with Crippen molar-refractivity contribution >= 4 is 21.6 Å². The molecule has 2 saturated heterocycles. The summed E-state index contributed by atoms with van der Waals surface area (Å²) in [6, 6.07) is 1.59. The largest absolute Gasteiger partial charge is 0.313 e. The van der Waals surface area contributed by atoms with Crippen LogP contribution < -0.4 is 10.6 Å². The van der Waals surface area contributed by atoms with Crippen molar-refractivity contribution in [3.63, 3.8) is 0 Å². The molecule has 0 aromatic carbocycles. The fraction of sp³-hybridized carbons (Fsp3) is 1.00. The molecule has 0 aromatic rings. The molecule has 2 aliphatic heterocycles. The Labute approximate surface area is 94.8 Å². The van der Waals surface area contributed by atoms with Gasteiger partial charge in [-0.1, -0.05) is 21.6 Å². The van der Waals surface area contributed by atoms with Crippen molar-refractivity contribution in [2.24, 2.45) is 0 Å². The Kier molecular flexibility index (Phi) is 4.97. The molecule has 14 heavy (non-hydrogen) atoms. The average molecular weight is 232 g/mol. The number of nitrogens with one attached hydrogen (secondary N) is 2. The van der Waals surface area contributed by atoms with Gasteiger partial charge in [-0.25, -0.2) is 0 Å². The maximum absolute atomic E-state index is 3.54. The van der Waals surface area contributed by atoms with E-state index in [0.717, 1.165) is 12.1 Å². The van der Waals surface area contributed by atoms with Gasteiger partial charge in [0.1, 0.15) is 0 Å². The van der Waals surface area contributed by atoms with Crippen LogP contribution in [0, 0.1) is 0 Å². The molecule has 0 bridgehead atoms. The molecule has 4 heteroatoms. The molecule has 2 nitrogen and oxygen atoms in total. The van der Waals surface area contributed by atoms with E-state index in [1.54, 1.807) is 0 Å². The van der Waals surface area contributed by atoms with Crippen LogP contribution in [0.2, 0.25) is 0 Å². The molecule has 0 radical (unpaired) electrons. The fourth-order valence-corrected chi connectivity index (χ4v) is 4.71. The van der Waals surface area contributed by atoms with Gasteiger partial charge >= 0.3 is 0 Å². The highest BCUT2D eigenvalue weighted by molar-refractivity contribution is 8.76. The third-order valence-corrected chi connectivity index (χ3v) is 5.51. The van der Waals surface area contributed by atoms with Crippen molar-refractivity contribution in [1.82, 2.24) is 10.6 Å². The normalized spacial score (nSPS) is 32.6. The first-order valence-electron chi connectivity index (χ1n) is 5.66. The third kappa shape index (κ3) is 3.65. The molecule has 0 aliphatic carbocycles. The zero-order valence-electron chi connectivity index (χ0n) is 8.63. The van der Waals surface area contributed by atoms with Gasteiger partial charge in [0.05, 0.1) is 0 Å². The minimum Gasteiger partial charge on any atom is -0.313 e. The summed E-state index contributed by atoms with van der Waals surface area (Å²) in [4.78, 5) is 0. The first kappa shape index (κ1) is 11.1. The van der Waals surface area contributed by atoms with Crippen LogP contribution in [0.4, 0.5) is 0 Å². The number of hydrogen-bond acceptors (Lipinski definition) is 4. The third-order valence-electron chi connectivity index (χ3n) is 2.95. The summed E-state index contributed by atoms with van der Waals surface area (Å²) in [6.07, 6.45) is 5.52. The summed E-state index contributed by atoms with van der Waals surface area (Å²) < 4.78 is 0. The molecule has 2 atom stereocenters. The first-order valence-corrected chi connectivity index (χ1v) is 8.15. The summed E-state index contributed by atoms with van der Waals surface area (Å²) >= 11 is 0. The monoisotopic (exact) mass is 232 g/mol. The number of hydrogen-bond donors (Lipinski definition) is 2. The Balaban J connectivity index is 1.46. The summed E-state index contributed by atoms with van der Waals surface area (Å²) in [5.41, 5.74) is 0. The van der Waals surface area contributed by atoms with Crippen LogP contribution in [0.1, 0.15) is 25.7 Å². The van der Waals surface area contributed by atoms with Gasteiger partial charge in [0.15, 0.2) is 0 Å². The second-order valence-corrected chi connectivity index (χ2v) is 6.71. The standard InChI is InChI=1S/C10H20N2S2/c1-3-9(11-5-1)7-13-14-8-10-4-2-6-12-10/h9-12H,1-8H2. The van der Waals surface area contributed by atoms with Crippen molar-refractivity contribution < 1.29 is 0 Å². The highest BCUT2D eigenvalue weighted by atomic mass is 33.1. The van der Waals surface area contributed by atoms with Gasteiger partial charge < -0.3 is 10.6 Å². The Bertz CT molecular complexity index is 136. The van der Waals surface area contributed by atoms with Gasteiger partial charge in [-0.2, -0.15) is 0 Å². The summed E-state index contributed by atoms with van der Waals surface area (Å²) in [6.45, 7) is 2.47. The van der Waals surface area contributed by atoms with Crippen LogP contribution in [0.3, 0.4) is 0 Å². The van der Waals surface area contributed by atoms with Crippen molar-refractivity contribution in [3.05, 3.63) is 0 Å². The quantitative estimate of drug-likeness (QED) is 0.558. The van der Waals surface area contributed by atoms with Crippen molar-refractivity contribution in [2.45, 2.75) is 37.8 Å². The molecule has 2 rings (SSSR count). The lowest BCUT2D eigenvalue weighted by molar-refractivity contribution is 0.673. The molecule has 2 N–H and O–H groups in total. The molecule has 0 spiro atoms. The second-order valence-electron chi connectivity index (χ2n) is 4.16. The van der Waals surface area contributed by atoms with E-state index in [9.17, 15) is 0 Å². The van der Waals surface area contributed by atoms with E-state index >= 15 is 0 Å². The summed E-state index contributed by atoms with van der Waals surface area (Å²) in [5.74, 6) is 2.58. The second kappa shape index (κ2) is 6.26. The van der Waals surface area contributed by atoms with E-state index in [1.165, 1.54) is 50.3 Å². The van der Waals surface area contributed by atoms with Crippen LogP contribution in [0.25, 0.3) is 0 Å². The van der Waals surface area contributed by atoms with Crippen LogP contribution in [0.15, 0.2) is 0 Å². The number of rotatable bonds is 5. The molecular weight excluding hydrogens is 212 g/mol. The predicted molar refractivity (Wildman–Crippen MR) is 67.0 cm³/mol. The van der Waals surface area contributed by atoms with Crippen LogP contribution in [-0.2, 0) is 0 Å². The van der Waals surface area contributed by atoms with E-state index in [0.29, 0.717) is 0 Å². The molecule has 0 amide bonds. The molecule has 82 valence electrons. The SMILES string of the molecule is C1CNC(CSSCC2CCCN2)C1. The minimum absolute atomic E-state index is 0.795. The smallest absolute Gasteiger partial charge is 0.0191 e. The van der Waals surface area contributed by atoms with E-state index in [4.69, 9.17) is 0 Å². The van der Waals surface area contributed by atoms with E-state index in [-0.39, 0.29) is 0 Å².